The molecule has 4 atom stereocenters. The van der Waals surface area contributed by atoms with Crippen LogP contribution in [0, 0.1) is 29.0 Å². The summed E-state index contributed by atoms with van der Waals surface area (Å²) in [7, 11) is 0. The molecule has 0 radical (unpaired) electrons. The lowest BCUT2D eigenvalue weighted by atomic mass is 9.67. The predicted molar refractivity (Wildman–Crippen MR) is 133 cm³/mol. The quantitative estimate of drug-likeness (QED) is 0.535. The van der Waals surface area contributed by atoms with Gasteiger partial charge in [-0.05, 0) is 62.6 Å². The Morgan fingerprint density at radius 1 is 1.05 bits per heavy atom. The molecule has 37 heavy (non-hydrogen) atoms. The van der Waals surface area contributed by atoms with E-state index in [9.17, 15) is 24.0 Å². The van der Waals surface area contributed by atoms with E-state index >= 15 is 0 Å². The van der Waals surface area contributed by atoms with Gasteiger partial charge in [0.1, 0.15) is 5.82 Å². The van der Waals surface area contributed by atoms with Crippen LogP contribution < -0.4 is 10.2 Å². The zero-order valence-electron chi connectivity index (χ0n) is 20.2. The van der Waals surface area contributed by atoms with Crippen LogP contribution in [0.1, 0.15) is 42.1 Å². The lowest BCUT2D eigenvalue weighted by molar-refractivity contribution is -0.130. The van der Waals surface area contributed by atoms with Crippen molar-refractivity contribution in [3.63, 3.8) is 0 Å². The maximum absolute atomic E-state index is 13.9. The molecule has 6 rings (SSSR count). The lowest BCUT2D eigenvalue weighted by Crippen LogP contribution is -2.44. The summed E-state index contributed by atoms with van der Waals surface area (Å²) >= 11 is 0. The van der Waals surface area contributed by atoms with E-state index in [-0.39, 0.29) is 24.3 Å². The molecule has 3 aromatic carbocycles. The van der Waals surface area contributed by atoms with E-state index in [0.29, 0.717) is 46.8 Å². The first-order valence-electron chi connectivity index (χ1n) is 12.3. The van der Waals surface area contributed by atoms with Crippen LogP contribution in [0.3, 0.4) is 0 Å². The zero-order valence-corrected chi connectivity index (χ0v) is 20.2. The summed E-state index contributed by atoms with van der Waals surface area (Å²) in [5, 5.41) is 13.7. The lowest BCUT2D eigenvalue weighted by Gasteiger charge is -2.31. The van der Waals surface area contributed by atoms with Crippen molar-refractivity contribution in [2.45, 2.75) is 37.4 Å². The molecule has 0 spiro atoms. The average molecular weight is 498 g/mol. The van der Waals surface area contributed by atoms with Crippen molar-refractivity contribution in [1.29, 1.82) is 5.26 Å². The second-order valence-corrected chi connectivity index (χ2v) is 10.2. The summed E-state index contributed by atoms with van der Waals surface area (Å²) < 4.78 is 19.6. The van der Waals surface area contributed by atoms with E-state index in [1.165, 1.54) is 29.2 Å². The molecule has 3 fully saturated rings. The van der Waals surface area contributed by atoms with Gasteiger partial charge in [0.05, 0.1) is 40.4 Å². The van der Waals surface area contributed by atoms with Gasteiger partial charge in [0.15, 0.2) is 0 Å². The number of ether oxygens (including phenoxy) is 1. The minimum Gasteiger partial charge on any atom is -0.367 e. The predicted octanol–water partition coefficient (Wildman–Crippen LogP) is 4.10. The summed E-state index contributed by atoms with van der Waals surface area (Å²) in [5.74, 6) is -2.63. The standard InChI is InChI=1S/C29H24FN3O4/c1-28-12-13-29(37-28,14-15-32-25(34)17-6-9-19(30)10-7-17)24-23(28)26(35)33(27(24)36)22-11-8-18(16-31)20-4-2-3-5-21(20)22/h2-11,23-24H,12-15H2,1H3,(H,32,34)/t23-,24+,28-,29-/m1/s1. The van der Waals surface area contributed by atoms with Crippen molar-refractivity contribution >= 4 is 34.2 Å². The third-order valence-corrected chi connectivity index (χ3v) is 8.21. The minimum absolute atomic E-state index is 0.247. The van der Waals surface area contributed by atoms with Gasteiger partial charge in [-0.15, -0.1) is 0 Å². The Kier molecular flexibility index (Phi) is 5.18. The van der Waals surface area contributed by atoms with E-state index in [1.54, 1.807) is 12.1 Å². The third-order valence-electron chi connectivity index (χ3n) is 8.21. The fourth-order valence-electron chi connectivity index (χ4n) is 6.51. The number of carbonyl (C=O) groups excluding carboxylic acids is 3. The number of nitriles is 1. The highest BCUT2D eigenvalue weighted by molar-refractivity contribution is 6.26. The molecule has 3 aromatic rings. The van der Waals surface area contributed by atoms with Gasteiger partial charge in [-0.2, -0.15) is 5.26 Å². The second-order valence-electron chi connectivity index (χ2n) is 10.2. The Bertz CT molecular complexity index is 1510. The van der Waals surface area contributed by atoms with Crippen LogP contribution in [0.15, 0.2) is 60.7 Å². The molecule has 3 aliphatic heterocycles. The normalized spacial score (nSPS) is 28.0. The number of nitrogens with zero attached hydrogens (tertiary/aromatic N) is 2. The highest BCUT2D eigenvalue weighted by Gasteiger charge is 2.73. The minimum atomic E-state index is -0.862. The number of hydrogen-bond acceptors (Lipinski definition) is 5. The Hall–Kier alpha value is -4.09. The number of fused-ring (bicyclic) bond motifs is 6. The van der Waals surface area contributed by atoms with Crippen molar-refractivity contribution in [3.8, 4) is 6.07 Å². The molecular formula is C29H24FN3O4. The van der Waals surface area contributed by atoms with Gasteiger partial charge >= 0.3 is 0 Å². The summed E-state index contributed by atoms with van der Waals surface area (Å²) in [4.78, 5) is 41.5. The van der Waals surface area contributed by atoms with Crippen LogP contribution in [0.25, 0.3) is 10.8 Å². The highest BCUT2D eigenvalue weighted by atomic mass is 19.1. The van der Waals surface area contributed by atoms with Crippen molar-refractivity contribution in [3.05, 3.63) is 77.6 Å². The van der Waals surface area contributed by atoms with Crippen LogP contribution in [0.2, 0.25) is 0 Å². The first-order chi connectivity index (χ1) is 17.8. The van der Waals surface area contributed by atoms with Crippen molar-refractivity contribution in [1.82, 2.24) is 5.32 Å². The van der Waals surface area contributed by atoms with Gasteiger partial charge in [-0.25, -0.2) is 9.29 Å². The molecule has 3 amide bonds. The fraction of sp³-hybridized carbons (Fsp3) is 0.310. The fourth-order valence-corrected chi connectivity index (χ4v) is 6.51. The maximum Gasteiger partial charge on any atom is 0.251 e. The molecule has 0 saturated carbocycles. The number of halogens is 1. The SMILES string of the molecule is C[C@]12CC[C@](CCNC(=O)c3ccc(F)cc3)(O1)[C@@H]1C(=O)N(c3ccc(C#N)c4ccccc34)C(=O)[C@@H]12. The number of imide groups is 1. The van der Waals surface area contributed by atoms with E-state index in [4.69, 9.17) is 4.74 Å². The summed E-state index contributed by atoms with van der Waals surface area (Å²) in [5.41, 5.74) is -0.343. The molecule has 2 bridgehead atoms. The first kappa shape index (κ1) is 23.3. The van der Waals surface area contributed by atoms with E-state index in [2.05, 4.69) is 11.4 Å². The van der Waals surface area contributed by atoms with E-state index < -0.39 is 28.9 Å². The zero-order chi connectivity index (χ0) is 25.9. The highest BCUT2D eigenvalue weighted by Crippen LogP contribution is 2.62. The molecule has 3 heterocycles. The Morgan fingerprint density at radius 2 is 1.76 bits per heavy atom. The summed E-state index contributed by atoms with van der Waals surface area (Å²) in [6.45, 7) is 2.14. The Morgan fingerprint density at radius 3 is 2.49 bits per heavy atom. The van der Waals surface area contributed by atoms with Gasteiger partial charge < -0.3 is 10.1 Å². The maximum atomic E-state index is 13.9. The van der Waals surface area contributed by atoms with Gasteiger partial charge in [0.2, 0.25) is 11.8 Å². The molecule has 8 heteroatoms. The Labute approximate surface area is 212 Å². The number of benzene rings is 3. The van der Waals surface area contributed by atoms with Crippen LogP contribution in [-0.2, 0) is 14.3 Å². The average Bonchev–Trinajstić information content (AvgIpc) is 3.48. The number of carbonyl (C=O) groups is 3. The van der Waals surface area contributed by atoms with Crippen molar-refractivity contribution < 1.29 is 23.5 Å². The summed E-state index contributed by atoms with van der Waals surface area (Å²) in [6, 6.07) is 18.0. The molecule has 3 saturated heterocycles. The van der Waals surface area contributed by atoms with Crippen molar-refractivity contribution in [2.24, 2.45) is 11.8 Å². The third kappa shape index (κ3) is 3.38. The monoisotopic (exact) mass is 497 g/mol. The van der Waals surface area contributed by atoms with Gasteiger partial charge in [-0.3, -0.25) is 14.4 Å². The molecule has 1 N–H and O–H groups in total. The molecule has 7 nitrogen and oxygen atoms in total. The number of hydrogen-bond donors (Lipinski definition) is 1. The first-order valence-corrected chi connectivity index (χ1v) is 12.3. The summed E-state index contributed by atoms with van der Waals surface area (Å²) in [6.07, 6.45) is 1.62. The van der Waals surface area contributed by atoms with Crippen LogP contribution in [0.4, 0.5) is 10.1 Å². The van der Waals surface area contributed by atoms with Crippen LogP contribution in [0.5, 0.6) is 0 Å². The molecular weight excluding hydrogens is 473 g/mol. The molecule has 0 aliphatic carbocycles. The second kappa shape index (κ2) is 8.22. The number of rotatable bonds is 5. The largest absolute Gasteiger partial charge is 0.367 e. The topological polar surface area (TPSA) is 99.5 Å². The number of anilines is 1. The van der Waals surface area contributed by atoms with E-state index in [1.807, 2.05) is 31.2 Å². The van der Waals surface area contributed by atoms with Gasteiger partial charge in [0, 0.05) is 22.9 Å². The van der Waals surface area contributed by atoms with Gasteiger partial charge in [0.25, 0.3) is 5.91 Å². The number of amides is 3. The van der Waals surface area contributed by atoms with E-state index in [0.717, 1.165) is 0 Å². The van der Waals surface area contributed by atoms with Crippen LogP contribution in [-0.4, -0.2) is 35.5 Å². The molecule has 3 aliphatic rings. The Balaban J connectivity index is 1.29. The molecule has 0 aromatic heterocycles. The molecule has 186 valence electrons. The van der Waals surface area contributed by atoms with Crippen molar-refractivity contribution in [2.75, 3.05) is 11.4 Å². The number of nitrogens with one attached hydrogen (secondary N) is 1. The molecule has 0 unspecified atom stereocenters. The smallest absolute Gasteiger partial charge is 0.251 e. The van der Waals surface area contributed by atoms with Gasteiger partial charge in [-0.1, -0.05) is 24.3 Å². The van der Waals surface area contributed by atoms with Crippen LogP contribution >= 0.6 is 0 Å².